The van der Waals surface area contributed by atoms with Crippen molar-refractivity contribution >= 4 is 17.4 Å². The minimum Gasteiger partial charge on any atom is -0.493 e. The van der Waals surface area contributed by atoms with Gasteiger partial charge in [-0.2, -0.15) is 13.2 Å². The lowest BCUT2D eigenvalue weighted by atomic mass is 10.1. The monoisotopic (exact) mass is 464 g/mol. The van der Waals surface area contributed by atoms with Crippen LogP contribution in [0.15, 0.2) is 52.4 Å². The molecule has 6 nitrogen and oxygen atoms in total. The number of alkyl halides is 3. The van der Waals surface area contributed by atoms with Crippen molar-refractivity contribution in [2.75, 3.05) is 18.0 Å². The second kappa shape index (κ2) is 8.93. The number of aromatic nitrogens is 3. The van der Waals surface area contributed by atoms with Gasteiger partial charge in [-0.05, 0) is 73.8 Å². The van der Waals surface area contributed by atoms with Gasteiger partial charge in [0.1, 0.15) is 0 Å². The second-order valence-electron chi connectivity index (χ2n) is 7.71. The van der Waals surface area contributed by atoms with Crippen LogP contribution in [0.3, 0.4) is 0 Å². The fourth-order valence-electron chi connectivity index (χ4n) is 3.99. The molecule has 10 heteroatoms. The van der Waals surface area contributed by atoms with Crippen molar-refractivity contribution in [3.05, 3.63) is 64.5 Å². The first-order chi connectivity index (χ1) is 15.2. The van der Waals surface area contributed by atoms with Crippen LogP contribution >= 0.6 is 11.8 Å². The molecule has 32 heavy (non-hydrogen) atoms. The van der Waals surface area contributed by atoms with Gasteiger partial charge in [-0.15, -0.1) is 0 Å². The number of anilines is 1. The Morgan fingerprint density at radius 1 is 1.09 bits per heavy atom. The standard InChI is InChI=1S/C22H23F3N4O2S/c1-15-20(30)29(17-5-7-18(8-6-17)32-22(23,24)25)21(31)28(15)14-16-9-10-26-13-19(16)27-11-3-2-4-12-27/h5-10,13,30H,2-4,11-12,14H2,1H3. The molecule has 3 heterocycles. The molecule has 0 spiro atoms. The van der Waals surface area contributed by atoms with Gasteiger partial charge >= 0.3 is 11.2 Å². The minimum absolute atomic E-state index is 0.00732. The Labute approximate surface area is 187 Å². The van der Waals surface area contributed by atoms with Crippen molar-refractivity contribution in [2.24, 2.45) is 0 Å². The first kappa shape index (κ1) is 22.3. The summed E-state index contributed by atoms with van der Waals surface area (Å²) in [4.78, 5) is 19.7. The normalized spacial score (nSPS) is 14.7. The maximum Gasteiger partial charge on any atom is 0.446 e. The molecule has 0 aliphatic carbocycles. The number of hydrogen-bond donors (Lipinski definition) is 1. The van der Waals surface area contributed by atoms with E-state index >= 15 is 0 Å². The summed E-state index contributed by atoms with van der Waals surface area (Å²) in [6.45, 7) is 3.76. The molecular formula is C22H23F3N4O2S. The van der Waals surface area contributed by atoms with Crippen LogP contribution in [0.5, 0.6) is 5.88 Å². The van der Waals surface area contributed by atoms with Gasteiger partial charge in [0.25, 0.3) is 0 Å². The van der Waals surface area contributed by atoms with E-state index < -0.39 is 11.2 Å². The van der Waals surface area contributed by atoms with E-state index in [2.05, 4.69) is 9.88 Å². The number of piperidine rings is 1. The van der Waals surface area contributed by atoms with Crippen molar-refractivity contribution in [3.63, 3.8) is 0 Å². The predicted octanol–water partition coefficient (Wildman–Crippen LogP) is 4.70. The fourth-order valence-corrected chi connectivity index (χ4v) is 4.53. The van der Waals surface area contributed by atoms with Crippen LogP contribution < -0.4 is 10.6 Å². The Balaban J connectivity index is 1.66. The zero-order valence-corrected chi connectivity index (χ0v) is 18.3. The van der Waals surface area contributed by atoms with E-state index in [1.807, 2.05) is 6.07 Å². The van der Waals surface area contributed by atoms with E-state index in [1.165, 1.54) is 35.3 Å². The number of pyridine rings is 1. The number of rotatable bonds is 5. The van der Waals surface area contributed by atoms with Gasteiger partial charge in [-0.1, -0.05) is 0 Å². The summed E-state index contributed by atoms with van der Waals surface area (Å²) in [6, 6.07) is 7.22. The minimum atomic E-state index is -4.39. The van der Waals surface area contributed by atoms with E-state index in [0.717, 1.165) is 41.7 Å². The smallest absolute Gasteiger partial charge is 0.446 e. The quantitative estimate of drug-likeness (QED) is 0.555. The van der Waals surface area contributed by atoms with Gasteiger partial charge in [0.2, 0.25) is 5.88 Å². The van der Waals surface area contributed by atoms with Crippen molar-refractivity contribution in [1.29, 1.82) is 0 Å². The van der Waals surface area contributed by atoms with Crippen molar-refractivity contribution in [3.8, 4) is 11.6 Å². The van der Waals surface area contributed by atoms with E-state index in [-0.39, 0.29) is 29.1 Å². The Morgan fingerprint density at radius 2 is 1.78 bits per heavy atom. The lowest BCUT2D eigenvalue weighted by Crippen LogP contribution is -2.31. The Bertz CT molecular complexity index is 1150. The Kier molecular flexibility index (Phi) is 6.23. The van der Waals surface area contributed by atoms with Crippen molar-refractivity contribution in [2.45, 2.75) is 43.1 Å². The molecule has 1 N–H and O–H groups in total. The summed E-state index contributed by atoms with van der Waals surface area (Å²) < 4.78 is 40.3. The van der Waals surface area contributed by atoms with Gasteiger partial charge in [0, 0.05) is 24.2 Å². The number of benzene rings is 1. The molecular weight excluding hydrogens is 441 g/mol. The molecule has 0 saturated carbocycles. The van der Waals surface area contributed by atoms with Gasteiger partial charge in [-0.3, -0.25) is 9.55 Å². The van der Waals surface area contributed by atoms with E-state index in [1.54, 1.807) is 19.3 Å². The van der Waals surface area contributed by atoms with Crippen molar-refractivity contribution in [1.82, 2.24) is 14.1 Å². The number of thioether (sulfide) groups is 1. The second-order valence-corrected chi connectivity index (χ2v) is 8.85. The predicted molar refractivity (Wildman–Crippen MR) is 118 cm³/mol. The number of hydrogen-bond acceptors (Lipinski definition) is 5. The number of imidazole rings is 1. The molecule has 0 amide bonds. The van der Waals surface area contributed by atoms with Gasteiger partial charge in [0.15, 0.2) is 0 Å². The summed E-state index contributed by atoms with van der Waals surface area (Å²) >= 11 is -0.227. The zero-order chi connectivity index (χ0) is 22.9. The SMILES string of the molecule is Cc1c(O)n(-c2ccc(SC(F)(F)F)cc2)c(=O)n1Cc1ccncc1N1CCCCC1. The van der Waals surface area contributed by atoms with E-state index in [0.29, 0.717) is 11.4 Å². The Morgan fingerprint density at radius 3 is 2.44 bits per heavy atom. The highest BCUT2D eigenvalue weighted by molar-refractivity contribution is 8.00. The molecule has 0 atom stereocenters. The average Bonchev–Trinajstić information content (AvgIpc) is 2.97. The topological polar surface area (TPSA) is 63.3 Å². The summed E-state index contributed by atoms with van der Waals surface area (Å²) in [5, 5.41) is 10.6. The lowest BCUT2D eigenvalue weighted by molar-refractivity contribution is -0.0328. The molecule has 1 fully saturated rings. The highest BCUT2D eigenvalue weighted by atomic mass is 32.2. The van der Waals surface area contributed by atoms with Crippen LogP contribution in [-0.4, -0.2) is 37.8 Å². The highest BCUT2D eigenvalue weighted by Gasteiger charge is 2.29. The van der Waals surface area contributed by atoms with E-state index in [4.69, 9.17) is 0 Å². The summed E-state index contributed by atoms with van der Waals surface area (Å²) in [5.41, 5.74) is -2.29. The maximum absolute atomic E-state index is 13.2. The van der Waals surface area contributed by atoms with Crippen LogP contribution in [0.4, 0.5) is 18.9 Å². The van der Waals surface area contributed by atoms with Gasteiger partial charge in [-0.25, -0.2) is 9.36 Å². The zero-order valence-electron chi connectivity index (χ0n) is 17.5. The molecule has 3 aromatic rings. The third kappa shape index (κ3) is 4.64. The number of halogens is 3. The van der Waals surface area contributed by atoms with Crippen LogP contribution in [0.2, 0.25) is 0 Å². The van der Waals surface area contributed by atoms with Gasteiger partial charge < -0.3 is 10.0 Å². The van der Waals surface area contributed by atoms with Crippen LogP contribution in [-0.2, 0) is 6.54 Å². The third-order valence-electron chi connectivity index (χ3n) is 5.60. The highest BCUT2D eigenvalue weighted by Crippen LogP contribution is 2.37. The summed E-state index contributed by atoms with van der Waals surface area (Å²) in [7, 11) is 0. The number of nitrogens with zero attached hydrogens (tertiary/aromatic N) is 4. The molecule has 1 aromatic carbocycles. The number of aromatic hydroxyl groups is 1. The molecule has 2 aromatic heterocycles. The molecule has 1 saturated heterocycles. The van der Waals surface area contributed by atoms with Crippen LogP contribution in [0.1, 0.15) is 30.5 Å². The molecule has 0 radical (unpaired) electrons. The maximum atomic E-state index is 13.2. The molecule has 1 aliphatic rings. The summed E-state index contributed by atoms with van der Waals surface area (Å²) in [6.07, 6.45) is 6.88. The molecule has 1 aliphatic heterocycles. The Hall–Kier alpha value is -2.88. The molecule has 4 rings (SSSR count). The molecule has 170 valence electrons. The fraction of sp³-hybridized carbons (Fsp3) is 0.364. The molecule has 0 bridgehead atoms. The van der Waals surface area contributed by atoms with Crippen LogP contribution in [0, 0.1) is 6.92 Å². The lowest BCUT2D eigenvalue weighted by Gasteiger charge is -2.30. The first-order valence-electron chi connectivity index (χ1n) is 10.3. The van der Waals surface area contributed by atoms with Crippen molar-refractivity contribution < 1.29 is 18.3 Å². The van der Waals surface area contributed by atoms with Gasteiger partial charge in [0.05, 0.1) is 29.8 Å². The third-order valence-corrected chi connectivity index (χ3v) is 6.34. The van der Waals surface area contributed by atoms with E-state index in [9.17, 15) is 23.1 Å². The average molecular weight is 465 g/mol. The largest absolute Gasteiger partial charge is 0.493 e. The van der Waals surface area contributed by atoms with Crippen LogP contribution in [0.25, 0.3) is 5.69 Å². The summed E-state index contributed by atoms with van der Waals surface area (Å²) in [5.74, 6) is -0.236. The first-order valence-corrected chi connectivity index (χ1v) is 11.1. The molecule has 0 unspecified atom stereocenters.